The van der Waals surface area contributed by atoms with Gasteiger partial charge in [0, 0.05) is 13.1 Å². The second kappa shape index (κ2) is 2.79. The Morgan fingerprint density at radius 1 is 1.82 bits per heavy atom. The highest BCUT2D eigenvalue weighted by atomic mass is 16.4. The van der Waals surface area contributed by atoms with E-state index in [1.54, 1.807) is 0 Å². The first-order valence-corrected chi connectivity index (χ1v) is 3.83. The van der Waals surface area contributed by atoms with Gasteiger partial charge in [-0.2, -0.15) is 0 Å². The molecule has 4 heteroatoms. The van der Waals surface area contributed by atoms with Crippen molar-refractivity contribution in [3.05, 3.63) is 0 Å². The SMILES string of the molecule is CCC1(C(=O)O)NCCN1C. The molecule has 0 radical (unpaired) electrons. The van der Waals surface area contributed by atoms with Gasteiger partial charge in [0.25, 0.3) is 0 Å². The molecule has 2 N–H and O–H groups in total. The molecule has 0 aliphatic carbocycles. The largest absolute Gasteiger partial charge is 0.479 e. The summed E-state index contributed by atoms with van der Waals surface area (Å²) in [6, 6.07) is 0. The summed E-state index contributed by atoms with van der Waals surface area (Å²) < 4.78 is 0. The number of nitrogens with zero attached hydrogens (tertiary/aromatic N) is 1. The molecule has 1 aliphatic heterocycles. The summed E-state index contributed by atoms with van der Waals surface area (Å²) in [6.07, 6.45) is 0.596. The van der Waals surface area contributed by atoms with E-state index in [1.165, 1.54) is 0 Å². The van der Waals surface area contributed by atoms with E-state index >= 15 is 0 Å². The second-order valence-corrected chi connectivity index (χ2v) is 2.87. The van der Waals surface area contributed by atoms with E-state index in [0.717, 1.165) is 13.1 Å². The van der Waals surface area contributed by atoms with Gasteiger partial charge in [-0.25, -0.2) is 4.79 Å². The van der Waals surface area contributed by atoms with Crippen LogP contribution in [0.5, 0.6) is 0 Å². The lowest BCUT2D eigenvalue weighted by molar-refractivity contribution is -0.150. The van der Waals surface area contributed by atoms with Crippen LogP contribution in [0.25, 0.3) is 0 Å². The van der Waals surface area contributed by atoms with Gasteiger partial charge in [-0.3, -0.25) is 10.2 Å². The first-order valence-electron chi connectivity index (χ1n) is 3.83. The third kappa shape index (κ3) is 1.12. The van der Waals surface area contributed by atoms with E-state index in [2.05, 4.69) is 5.32 Å². The van der Waals surface area contributed by atoms with Crippen LogP contribution in [0.1, 0.15) is 13.3 Å². The van der Waals surface area contributed by atoms with Gasteiger partial charge in [-0.15, -0.1) is 0 Å². The molecule has 0 aromatic rings. The summed E-state index contributed by atoms with van der Waals surface area (Å²) in [7, 11) is 1.83. The zero-order valence-electron chi connectivity index (χ0n) is 6.92. The number of hydrogen-bond donors (Lipinski definition) is 2. The Hall–Kier alpha value is -0.610. The monoisotopic (exact) mass is 158 g/mol. The minimum Gasteiger partial charge on any atom is -0.479 e. The quantitative estimate of drug-likeness (QED) is 0.580. The fourth-order valence-electron chi connectivity index (χ4n) is 1.54. The number of carboxylic acids is 1. The third-order valence-electron chi connectivity index (χ3n) is 2.38. The highest BCUT2D eigenvalue weighted by Gasteiger charge is 2.43. The van der Waals surface area contributed by atoms with Crippen LogP contribution in [0.2, 0.25) is 0 Å². The highest BCUT2D eigenvalue weighted by Crippen LogP contribution is 2.18. The molecule has 4 nitrogen and oxygen atoms in total. The van der Waals surface area contributed by atoms with Crippen LogP contribution in [0.15, 0.2) is 0 Å². The van der Waals surface area contributed by atoms with Gasteiger partial charge in [0.05, 0.1) is 0 Å². The lowest BCUT2D eigenvalue weighted by Gasteiger charge is -2.30. The van der Waals surface area contributed by atoms with E-state index in [9.17, 15) is 4.79 Å². The van der Waals surface area contributed by atoms with Crippen molar-refractivity contribution in [3.8, 4) is 0 Å². The minimum absolute atomic E-state index is 0.596. The summed E-state index contributed by atoms with van der Waals surface area (Å²) in [5, 5.41) is 11.9. The van der Waals surface area contributed by atoms with Crippen LogP contribution in [0.4, 0.5) is 0 Å². The molecule has 1 aliphatic rings. The summed E-state index contributed by atoms with van der Waals surface area (Å²) in [5.41, 5.74) is -0.806. The van der Waals surface area contributed by atoms with Gasteiger partial charge in [-0.05, 0) is 13.5 Å². The van der Waals surface area contributed by atoms with E-state index in [-0.39, 0.29) is 0 Å². The van der Waals surface area contributed by atoms with Gasteiger partial charge in [0.1, 0.15) is 0 Å². The molecule has 1 saturated heterocycles. The molecule has 1 atom stereocenters. The average Bonchev–Trinajstić information content (AvgIpc) is 2.32. The first kappa shape index (κ1) is 8.49. The second-order valence-electron chi connectivity index (χ2n) is 2.87. The Morgan fingerprint density at radius 3 is 2.64 bits per heavy atom. The molecule has 0 spiro atoms. The predicted octanol–water partition coefficient (Wildman–Crippen LogP) is -0.288. The normalized spacial score (nSPS) is 32.5. The van der Waals surface area contributed by atoms with E-state index in [0.29, 0.717) is 6.42 Å². The molecule has 0 bridgehead atoms. The van der Waals surface area contributed by atoms with Crippen molar-refractivity contribution in [2.75, 3.05) is 20.1 Å². The predicted molar refractivity (Wildman–Crippen MR) is 41.3 cm³/mol. The summed E-state index contributed by atoms with van der Waals surface area (Å²) >= 11 is 0. The average molecular weight is 158 g/mol. The van der Waals surface area contributed by atoms with Crippen LogP contribution >= 0.6 is 0 Å². The maximum Gasteiger partial charge on any atom is 0.339 e. The summed E-state index contributed by atoms with van der Waals surface area (Å²) in [5.74, 6) is -0.778. The standard InChI is InChI=1S/C7H14N2O2/c1-3-7(6(10)11)8-4-5-9(7)2/h8H,3-5H2,1-2H3,(H,10,11). The van der Waals surface area contributed by atoms with Crippen molar-refractivity contribution in [1.82, 2.24) is 10.2 Å². The van der Waals surface area contributed by atoms with Crippen LogP contribution in [0.3, 0.4) is 0 Å². The Balaban J connectivity index is 2.82. The minimum atomic E-state index is -0.806. The maximum absolute atomic E-state index is 10.9. The molecule has 0 saturated carbocycles. The molecular formula is C7H14N2O2. The fraction of sp³-hybridized carbons (Fsp3) is 0.857. The summed E-state index contributed by atoms with van der Waals surface area (Å²) in [6.45, 7) is 3.44. The zero-order chi connectivity index (χ0) is 8.48. The smallest absolute Gasteiger partial charge is 0.339 e. The molecule has 0 aromatic heterocycles. The van der Waals surface area contributed by atoms with Crippen molar-refractivity contribution in [1.29, 1.82) is 0 Å². The lowest BCUT2D eigenvalue weighted by Crippen LogP contribution is -2.55. The number of likely N-dealkylation sites (N-methyl/N-ethyl adjacent to an activating group) is 1. The lowest BCUT2D eigenvalue weighted by atomic mass is 10.1. The van der Waals surface area contributed by atoms with E-state index in [1.807, 2.05) is 18.9 Å². The number of nitrogens with one attached hydrogen (secondary N) is 1. The molecule has 1 rings (SSSR count). The van der Waals surface area contributed by atoms with Gasteiger partial charge in [0.15, 0.2) is 5.66 Å². The van der Waals surface area contributed by atoms with E-state index in [4.69, 9.17) is 5.11 Å². The Labute approximate surface area is 66.2 Å². The highest BCUT2D eigenvalue weighted by molar-refractivity contribution is 5.78. The zero-order valence-corrected chi connectivity index (χ0v) is 6.92. The van der Waals surface area contributed by atoms with Crippen LogP contribution in [-0.2, 0) is 4.79 Å². The maximum atomic E-state index is 10.9. The van der Waals surface area contributed by atoms with Gasteiger partial charge < -0.3 is 5.11 Å². The van der Waals surface area contributed by atoms with Crippen molar-refractivity contribution in [2.24, 2.45) is 0 Å². The number of carbonyl (C=O) groups is 1. The van der Waals surface area contributed by atoms with Gasteiger partial charge >= 0.3 is 5.97 Å². The van der Waals surface area contributed by atoms with Crippen molar-refractivity contribution < 1.29 is 9.90 Å². The van der Waals surface area contributed by atoms with Crippen molar-refractivity contribution in [3.63, 3.8) is 0 Å². The molecule has 11 heavy (non-hydrogen) atoms. The number of carboxylic acid groups (broad SMARTS) is 1. The Bertz CT molecular complexity index is 172. The summed E-state index contributed by atoms with van der Waals surface area (Å²) in [4.78, 5) is 12.7. The van der Waals surface area contributed by atoms with Crippen LogP contribution in [0, 0.1) is 0 Å². The molecule has 0 aromatic carbocycles. The van der Waals surface area contributed by atoms with Gasteiger partial charge in [-0.1, -0.05) is 6.92 Å². The number of rotatable bonds is 2. The van der Waals surface area contributed by atoms with Crippen LogP contribution < -0.4 is 5.32 Å². The molecule has 1 unspecified atom stereocenters. The Morgan fingerprint density at radius 2 is 2.45 bits per heavy atom. The topological polar surface area (TPSA) is 52.6 Å². The molecule has 1 fully saturated rings. The third-order valence-corrected chi connectivity index (χ3v) is 2.38. The van der Waals surface area contributed by atoms with Crippen molar-refractivity contribution in [2.45, 2.75) is 19.0 Å². The molecular weight excluding hydrogens is 144 g/mol. The molecule has 1 heterocycles. The van der Waals surface area contributed by atoms with Crippen molar-refractivity contribution >= 4 is 5.97 Å². The number of hydrogen-bond acceptors (Lipinski definition) is 3. The number of aliphatic carboxylic acids is 1. The molecule has 64 valence electrons. The molecule has 0 amide bonds. The first-order chi connectivity index (χ1) is 5.13. The van der Waals surface area contributed by atoms with Gasteiger partial charge in [0.2, 0.25) is 0 Å². The Kier molecular flexibility index (Phi) is 2.15. The van der Waals surface area contributed by atoms with E-state index < -0.39 is 11.6 Å². The van der Waals surface area contributed by atoms with Crippen LogP contribution in [-0.4, -0.2) is 41.8 Å². The fourth-order valence-corrected chi connectivity index (χ4v) is 1.54.